The Labute approximate surface area is 169 Å². The zero-order valence-corrected chi connectivity index (χ0v) is 16.5. The Morgan fingerprint density at radius 2 is 1.74 bits per heavy atom. The lowest BCUT2D eigenvalue weighted by Crippen LogP contribution is -2.23. The van der Waals surface area contributed by atoms with Crippen LogP contribution in [0.3, 0.4) is 0 Å². The topological polar surface area (TPSA) is 47.3 Å². The van der Waals surface area contributed by atoms with Gasteiger partial charge in [0.05, 0.1) is 14.6 Å². The van der Waals surface area contributed by atoms with Crippen molar-refractivity contribution >= 4 is 57.7 Å². The molecule has 2 aromatic carbocycles. The molecule has 2 heterocycles. The highest BCUT2D eigenvalue weighted by atomic mass is 35.5. The van der Waals surface area contributed by atoms with Crippen LogP contribution in [-0.4, -0.2) is 14.6 Å². The molecule has 7 heteroatoms. The summed E-state index contributed by atoms with van der Waals surface area (Å²) in [7, 11) is 0. The maximum Gasteiger partial charge on any atom is 0.291 e. The zero-order chi connectivity index (χ0) is 19.0. The number of halogens is 2. The second kappa shape index (κ2) is 7.27. The van der Waals surface area contributed by atoms with Crippen LogP contribution in [0.15, 0.2) is 47.3 Å². The standard InChI is InChI=1S/C20H13Cl2N3OS/c1-12-2-4-13(5-3-12)7-9-18-23-20-25(24-18)19(26)17(27-20)11-14-6-8-15(21)16(22)10-14/h2-11H,1H3/b9-7+,17-11+. The summed E-state index contributed by atoms with van der Waals surface area (Å²) in [5.41, 5.74) is 2.85. The lowest BCUT2D eigenvalue weighted by atomic mass is 10.1. The van der Waals surface area contributed by atoms with E-state index in [1.807, 2.05) is 37.3 Å². The third-order valence-corrected chi connectivity index (χ3v) is 5.64. The van der Waals surface area contributed by atoms with E-state index in [2.05, 4.69) is 10.1 Å². The summed E-state index contributed by atoms with van der Waals surface area (Å²) in [6.07, 6.45) is 5.48. The monoisotopic (exact) mass is 413 g/mol. The van der Waals surface area contributed by atoms with Gasteiger partial charge in [-0.25, -0.2) is 0 Å². The van der Waals surface area contributed by atoms with Gasteiger partial charge in [0.2, 0.25) is 4.96 Å². The molecule has 0 fully saturated rings. The fourth-order valence-corrected chi connectivity index (χ4v) is 3.74. The quantitative estimate of drug-likeness (QED) is 0.497. The number of aromatic nitrogens is 3. The Morgan fingerprint density at radius 3 is 2.44 bits per heavy atom. The minimum Gasteiger partial charge on any atom is -0.266 e. The summed E-state index contributed by atoms with van der Waals surface area (Å²) in [6, 6.07) is 13.3. The first-order valence-corrected chi connectivity index (χ1v) is 9.68. The molecule has 2 aromatic heterocycles. The van der Waals surface area contributed by atoms with Crippen molar-refractivity contribution in [3.63, 3.8) is 0 Å². The van der Waals surface area contributed by atoms with E-state index in [1.165, 1.54) is 21.4 Å². The Bertz CT molecular complexity index is 1270. The third kappa shape index (κ3) is 3.81. The van der Waals surface area contributed by atoms with Crippen molar-refractivity contribution in [2.75, 3.05) is 0 Å². The van der Waals surface area contributed by atoms with Gasteiger partial charge in [0.1, 0.15) is 0 Å². The van der Waals surface area contributed by atoms with Crippen molar-refractivity contribution in [2.45, 2.75) is 6.92 Å². The van der Waals surface area contributed by atoms with Gasteiger partial charge in [-0.15, -0.1) is 5.10 Å². The lowest BCUT2D eigenvalue weighted by molar-refractivity contribution is 0.925. The molecule has 4 nitrogen and oxygen atoms in total. The molecule has 4 aromatic rings. The van der Waals surface area contributed by atoms with E-state index >= 15 is 0 Å². The van der Waals surface area contributed by atoms with Crippen LogP contribution in [-0.2, 0) is 0 Å². The second-order valence-electron chi connectivity index (χ2n) is 6.00. The fraction of sp³-hybridized carbons (Fsp3) is 0.0500. The van der Waals surface area contributed by atoms with E-state index in [1.54, 1.807) is 30.4 Å². The number of hydrogen-bond donors (Lipinski definition) is 0. The first-order valence-electron chi connectivity index (χ1n) is 8.11. The van der Waals surface area contributed by atoms with Crippen molar-refractivity contribution in [3.05, 3.63) is 89.9 Å². The minimum atomic E-state index is -0.205. The van der Waals surface area contributed by atoms with Crippen molar-refractivity contribution < 1.29 is 0 Å². The number of fused-ring (bicyclic) bond motifs is 1. The van der Waals surface area contributed by atoms with Gasteiger partial charge in [0, 0.05) is 0 Å². The molecule has 27 heavy (non-hydrogen) atoms. The van der Waals surface area contributed by atoms with Gasteiger partial charge >= 0.3 is 0 Å². The minimum absolute atomic E-state index is 0.205. The highest BCUT2D eigenvalue weighted by Gasteiger charge is 2.09. The van der Waals surface area contributed by atoms with Crippen molar-refractivity contribution in [1.29, 1.82) is 0 Å². The van der Waals surface area contributed by atoms with E-state index < -0.39 is 0 Å². The van der Waals surface area contributed by atoms with E-state index in [4.69, 9.17) is 23.2 Å². The lowest BCUT2D eigenvalue weighted by Gasteiger charge is -1.96. The van der Waals surface area contributed by atoms with E-state index in [9.17, 15) is 4.79 Å². The Balaban J connectivity index is 1.67. The van der Waals surface area contributed by atoms with E-state index in [0.717, 1.165) is 11.1 Å². The normalized spacial score (nSPS) is 12.5. The highest BCUT2D eigenvalue weighted by molar-refractivity contribution is 7.15. The highest BCUT2D eigenvalue weighted by Crippen LogP contribution is 2.22. The van der Waals surface area contributed by atoms with Crippen LogP contribution in [0.2, 0.25) is 10.0 Å². The van der Waals surface area contributed by atoms with Gasteiger partial charge in [0.25, 0.3) is 5.56 Å². The molecule has 0 saturated heterocycles. The van der Waals surface area contributed by atoms with Crippen molar-refractivity contribution in [1.82, 2.24) is 14.6 Å². The average Bonchev–Trinajstić information content (AvgIpc) is 3.17. The largest absolute Gasteiger partial charge is 0.291 e. The Morgan fingerprint density at radius 1 is 1.00 bits per heavy atom. The van der Waals surface area contributed by atoms with Crippen LogP contribution in [0.5, 0.6) is 0 Å². The summed E-state index contributed by atoms with van der Waals surface area (Å²) in [4.78, 5) is 17.5. The van der Waals surface area contributed by atoms with Crippen LogP contribution >= 0.6 is 34.5 Å². The predicted molar refractivity (Wildman–Crippen MR) is 112 cm³/mol. The maximum absolute atomic E-state index is 12.6. The summed E-state index contributed by atoms with van der Waals surface area (Å²) >= 11 is 13.2. The summed E-state index contributed by atoms with van der Waals surface area (Å²) < 4.78 is 1.86. The molecule has 0 spiro atoms. The second-order valence-corrected chi connectivity index (χ2v) is 7.82. The SMILES string of the molecule is Cc1ccc(/C=C/c2nc3s/c(=C/c4ccc(Cl)c(Cl)c4)c(=O)n3n2)cc1. The molecule has 0 aliphatic rings. The number of hydrogen-bond acceptors (Lipinski definition) is 4. The maximum atomic E-state index is 12.6. The Kier molecular flexibility index (Phi) is 4.83. The molecule has 0 unspecified atom stereocenters. The zero-order valence-electron chi connectivity index (χ0n) is 14.2. The van der Waals surface area contributed by atoms with Crippen LogP contribution < -0.4 is 10.1 Å². The molecule has 4 rings (SSSR count). The predicted octanol–water partition coefficient (Wildman–Crippen LogP) is 4.48. The molecular formula is C20H13Cl2N3OS. The number of benzene rings is 2. The van der Waals surface area contributed by atoms with Gasteiger partial charge in [-0.3, -0.25) is 4.79 Å². The molecule has 0 N–H and O–H groups in total. The molecule has 0 atom stereocenters. The third-order valence-electron chi connectivity index (χ3n) is 3.94. The average molecular weight is 414 g/mol. The molecule has 0 radical (unpaired) electrons. The number of thiazole rings is 1. The molecule has 0 amide bonds. The van der Waals surface area contributed by atoms with E-state index in [-0.39, 0.29) is 5.56 Å². The van der Waals surface area contributed by atoms with Gasteiger partial charge in [-0.05, 0) is 42.3 Å². The molecule has 0 aliphatic heterocycles. The van der Waals surface area contributed by atoms with Crippen LogP contribution in [0.1, 0.15) is 22.5 Å². The van der Waals surface area contributed by atoms with Gasteiger partial charge in [-0.1, -0.05) is 76.5 Å². The molecule has 0 bridgehead atoms. The summed E-state index contributed by atoms with van der Waals surface area (Å²) in [5.74, 6) is 0.500. The summed E-state index contributed by atoms with van der Waals surface area (Å²) in [5, 5.41) is 5.21. The summed E-state index contributed by atoms with van der Waals surface area (Å²) in [6.45, 7) is 2.04. The van der Waals surface area contributed by atoms with Crippen molar-refractivity contribution in [2.24, 2.45) is 0 Å². The molecule has 134 valence electrons. The fourth-order valence-electron chi connectivity index (χ4n) is 2.52. The smallest absolute Gasteiger partial charge is 0.266 e. The molecule has 0 aliphatic carbocycles. The Hall–Kier alpha value is -2.47. The van der Waals surface area contributed by atoms with Gasteiger partial charge in [0.15, 0.2) is 5.82 Å². The number of aryl methyl sites for hydroxylation is 1. The number of nitrogens with zero attached hydrogens (tertiary/aromatic N) is 3. The van der Waals surface area contributed by atoms with Gasteiger partial charge < -0.3 is 0 Å². The molecular weight excluding hydrogens is 401 g/mol. The van der Waals surface area contributed by atoms with Crippen LogP contribution in [0, 0.1) is 6.92 Å². The first kappa shape index (κ1) is 17.9. The van der Waals surface area contributed by atoms with Crippen molar-refractivity contribution in [3.8, 4) is 0 Å². The van der Waals surface area contributed by atoms with Crippen LogP contribution in [0.4, 0.5) is 0 Å². The first-order chi connectivity index (χ1) is 13.0. The number of rotatable bonds is 3. The van der Waals surface area contributed by atoms with E-state index in [0.29, 0.717) is 25.4 Å². The molecule has 0 saturated carbocycles. The van der Waals surface area contributed by atoms with Crippen LogP contribution in [0.25, 0.3) is 23.2 Å². The van der Waals surface area contributed by atoms with Gasteiger partial charge in [-0.2, -0.15) is 9.50 Å².